The first kappa shape index (κ1) is 29.1. The zero-order valence-electron chi connectivity index (χ0n) is 27.8. The summed E-state index contributed by atoms with van der Waals surface area (Å²) in [6.45, 7) is 0. The normalized spacial score (nSPS) is 11.5. The summed E-state index contributed by atoms with van der Waals surface area (Å²) in [6, 6.07) is 69.2. The van der Waals surface area contributed by atoms with E-state index in [-0.39, 0.29) is 0 Å². The van der Waals surface area contributed by atoms with E-state index in [2.05, 4.69) is 198 Å². The van der Waals surface area contributed by atoms with Gasteiger partial charge in [-0.1, -0.05) is 133 Å². The van der Waals surface area contributed by atoms with E-state index < -0.39 is 0 Å². The summed E-state index contributed by atoms with van der Waals surface area (Å²) >= 11 is 0. The Morgan fingerprint density at radius 2 is 0.961 bits per heavy atom. The van der Waals surface area contributed by atoms with E-state index in [0.29, 0.717) is 0 Å². The van der Waals surface area contributed by atoms with Gasteiger partial charge in [0, 0.05) is 38.6 Å². The van der Waals surface area contributed by atoms with Gasteiger partial charge in [0.1, 0.15) is 5.58 Å². The Bertz CT molecular complexity index is 2790. The molecular formula is C48H32N2O. The number of hydrogen-bond donors (Lipinski definition) is 0. The van der Waals surface area contributed by atoms with Gasteiger partial charge in [0.05, 0.1) is 16.7 Å². The topological polar surface area (TPSA) is 21.3 Å². The van der Waals surface area contributed by atoms with Crippen molar-refractivity contribution in [3.8, 4) is 27.9 Å². The van der Waals surface area contributed by atoms with Crippen LogP contribution in [0.1, 0.15) is 0 Å². The second-order valence-corrected chi connectivity index (χ2v) is 13.0. The highest BCUT2D eigenvalue weighted by molar-refractivity contribution is 6.12. The average molecular weight is 653 g/mol. The van der Waals surface area contributed by atoms with Gasteiger partial charge in [-0.25, -0.2) is 0 Å². The Morgan fingerprint density at radius 1 is 0.373 bits per heavy atom. The fourth-order valence-corrected chi connectivity index (χ4v) is 7.62. The van der Waals surface area contributed by atoms with E-state index in [4.69, 9.17) is 4.42 Å². The summed E-state index contributed by atoms with van der Waals surface area (Å²) in [5.74, 6) is 0. The maximum absolute atomic E-state index is 6.72. The largest absolute Gasteiger partial charge is 0.454 e. The number of furan rings is 1. The van der Waals surface area contributed by atoms with Crippen molar-refractivity contribution >= 4 is 60.8 Å². The van der Waals surface area contributed by atoms with E-state index in [1.54, 1.807) is 0 Å². The van der Waals surface area contributed by atoms with Gasteiger partial charge < -0.3 is 13.9 Å². The lowest BCUT2D eigenvalue weighted by Gasteiger charge is -2.27. The molecule has 2 aromatic heterocycles. The smallest absolute Gasteiger partial charge is 0.159 e. The molecule has 0 atom stereocenters. The Morgan fingerprint density at radius 3 is 1.69 bits per heavy atom. The van der Waals surface area contributed by atoms with Gasteiger partial charge in [-0.3, -0.25) is 0 Å². The van der Waals surface area contributed by atoms with Crippen LogP contribution in [0.3, 0.4) is 0 Å². The van der Waals surface area contributed by atoms with Crippen LogP contribution in [0.5, 0.6) is 0 Å². The van der Waals surface area contributed by atoms with Gasteiger partial charge in [0.2, 0.25) is 0 Å². The molecule has 0 aliphatic carbocycles. The summed E-state index contributed by atoms with van der Waals surface area (Å²) in [5, 5.41) is 4.64. The van der Waals surface area contributed by atoms with Crippen molar-refractivity contribution in [3.05, 3.63) is 194 Å². The second kappa shape index (κ2) is 11.9. The van der Waals surface area contributed by atoms with E-state index in [9.17, 15) is 0 Å². The van der Waals surface area contributed by atoms with Crippen molar-refractivity contribution < 1.29 is 4.42 Å². The molecular weight excluding hydrogens is 621 g/mol. The van der Waals surface area contributed by atoms with Crippen molar-refractivity contribution in [2.75, 3.05) is 4.90 Å². The minimum Gasteiger partial charge on any atom is -0.454 e. The summed E-state index contributed by atoms with van der Waals surface area (Å²) in [4.78, 5) is 2.37. The predicted octanol–water partition coefficient (Wildman–Crippen LogP) is 13.5. The number of fused-ring (bicyclic) bond motifs is 6. The molecule has 3 heteroatoms. The number of rotatable bonds is 6. The van der Waals surface area contributed by atoms with Crippen molar-refractivity contribution in [2.45, 2.75) is 0 Å². The molecule has 2 heterocycles. The zero-order valence-corrected chi connectivity index (χ0v) is 27.8. The van der Waals surface area contributed by atoms with Gasteiger partial charge >= 0.3 is 0 Å². The second-order valence-electron chi connectivity index (χ2n) is 13.0. The first-order valence-corrected chi connectivity index (χ1v) is 17.4. The SMILES string of the molecule is c1ccc(-c2cc(-c3ccccc3)cc(N(c3ccc4c5ccccc5n(-c5ccccc5)c4c3)c3cccc4c3oc3ccccc34)c2)cc1. The molecule has 51 heavy (non-hydrogen) atoms. The van der Waals surface area contributed by atoms with Crippen molar-refractivity contribution in [3.63, 3.8) is 0 Å². The maximum atomic E-state index is 6.72. The Labute approximate surface area is 295 Å². The molecule has 0 spiro atoms. The van der Waals surface area contributed by atoms with Crippen LogP contribution in [-0.2, 0) is 0 Å². The molecule has 0 saturated heterocycles. The van der Waals surface area contributed by atoms with Crippen LogP contribution in [0.25, 0.3) is 71.7 Å². The lowest BCUT2D eigenvalue weighted by Crippen LogP contribution is -2.11. The highest BCUT2D eigenvalue weighted by Gasteiger charge is 2.22. The van der Waals surface area contributed by atoms with Gasteiger partial charge in [0.15, 0.2) is 5.58 Å². The number of benzene rings is 8. The minimum atomic E-state index is 0.855. The van der Waals surface area contributed by atoms with Crippen LogP contribution in [0.4, 0.5) is 17.1 Å². The molecule has 0 amide bonds. The van der Waals surface area contributed by atoms with Crippen LogP contribution in [0, 0.1) is 0 Å². The third-order valence-corrected chi connectivity index (χ3v) is 9.94. The van der Waals surface area contributed by atoms with Crippen molar-refractivity contribution in [2.24, 2.45) is 0 Å². The number of aromatic nitrogens is 1. The Hall–Kier alpha value is -6.84. The monoisotopic (exact) mass is 652 g/mol. The summed E-state index contributed by atoms with van der Waals surface area (Å²) in [6.07, 6.45) is 0. The molecule has 0 unspecified atom stereocenters. The lowest BCUT2D eigenvalue weighted by molar-refractivity contribution is 0.669. The van der Waals surface area contributed by atoms with Crippen LogP contribution >= 0.6 is 0 Å². The number of hydrogen-bond acceptors (Lipinski definition) is 2. The summed E-state index contributed by atoms with van der Waals surface area (Å²) in [7, 11) is 0. The van der Waals surface area contributed by atoms with E-state index in [0.717, 1.165) is 72.5 Å². The highest BCUT2D eigenvalue weighted by Crippen LogP contribution is 2.45. The van der Waals surface area contributed by atoms with E-state index in [1.165, 1.54) is 16.3 Å². The van der Waals surface area contributed by atoms with Crippen LogP contribution in [-0.4, -0.2) is 4.57 Å². The fourth-order valence-electron chi connectivity index (χ4n) is 7.62. The van der Waals surface area contributed by atoms with Crippen LogP contribution in [0.15, 0.2) is 199 Å². The molecule has 0 N–H and O–H groups in total. The molecule has 3 nitrogen and oxygen atoms in total. The summed E-state index contributed by atoms with van der Waals surface area (Å²) < 4.78 is 9.10. The molecule has 0 radical (unpaired) electrons. The number of para-hydroxylation sites is 4. The first-order chi connectivity index (χ1) is 25.3. The van der Waals surface area contributed by atoms with Gasteiger partial charge in [-0.15, -0.1) is 0 Å². The average Bonchev–Trinajstić information content (AvgIpc) is 3.75. The molecule has 240 valence electrons. The Kier molecular flexibility index (Phi) is 6.81. The zero-order chi connectivity index (χ0) is 33.7. The lowest BCUT2D eigenvalue weighted by atomic mass is 9.97. The molecule has 0 bridgehead atoms. The minimum absolute atomic E-state index is 0.855. The fraction of sp³-hybridized carbons (Fsp3) is 0. The predicted molar refractivity (Wildman–Crippen MR) is 214 cm³/mol. The van der Waals surface area contributed by atoms with Gasteiger partial charge in [0.25, 0.3) is 0 Å². The Balaban J connectivity index is 1.29. The van der Waals surface area contributed by atoms with Gasteiger partial charge in [-0.05, 0) is 82.9 Å². The van der Waals surface area contributed by atoms with Crippen molar-refractivity contribution in [1.29, 1.82) is 0 Å². The molecule has 0 saturated carbocycles. The maximum Gasteiger partial charge on any atom is 0.159 e. The molecule has 8 aromatic carbocycles. The third kappa shape index (κ3) is 4.90. The van der Waals surface area contributed by atoms with Crippen LogP contribution in [0.2, 0.25) is 0 Å². The van der Waals surface area contributed by atoms with Crippen molar-refractivity contribution in [1.82, 2.24) is 4.57 Å². The molecule has 0 fully saturated rings. The molecule has 10 rings (SSSR count). The highest BCUT2D eigenvalue weighted by atomic mass is 16.3. The quantitative estimate of drug-likeness (QED) is 0.178. The molecule has 10 aromatic rings. The number of anilines is 3. The third-order valence-electron chi connectivity index (χ3n) is 9.94. The van der Waals surface area contributed by atoms with Gasteiger partial charge in [-0.2, -0.15) is 0 Å². The standard InChI is InChI=1S/C48H32N2O/c1-4-15-33(16-5-1)35-29-36(34-17-6-2-7-18-34)31-39(30-35)49(45-25-14-23-43-42-22-11-13-26-47(42)51-48(43)45)38-27-28-41-40-21-10-12-24-44(40)50(46(41)32-38)37-19-8-3-9-20-37/h1-32H. The summed E-state index contributed by atoms with van der Waals surface area (Å²) in [5.41, 5.74) is 12.9. The van der Waals surface area contributed by atoms with Crippen LogP contribution < -0.4 is 4.90 Å². The first-order valence-electron chi connectivity index (χ1n) is 17.4. The molecule has 0 aliphatic heterocycles. The van der Waals surface area contributed by atoms with E-state index >= 15 is 0 Å². The van der Waals surface area contributed by atoms with E-state index in [1.807, 2.05) is 6.07 Å². The number of nitrogens with zero attached hydrogens (tertiary/aromatic N) is 2. The molecule has 0 aliphatic rings.